The summed E-state index contributed by atoms with van der Waals surface area (Å²) in [6.45, 7) is 8.37. The second-order valence-electron chi connectivity index (χ2n) is 10.8. The van der Waals surface area contributed by atoms with E-state index < -0.39 is 54.7 Å². The zero-order valence-corrected chi connectivity index (χ0v) is 23.3. The Morgan fingerprint density at radius 1 is 0.650 bits per heavy atom. The molecule has 14 nitrogen and oxygen atoms in total. The number of alkyl carbamates (subject to hydrolysis) is 1. The van der Waals surface area contributed by atoms with Crippen LogP contribution in [0.2, 0.25) is 0 Å². The maximum atomic E-state index is 12.4. The molecule has 8 atom stereocenters. The summed E-state index contributed by atoms with van der Waals surface area (Å²) in [5.41, 5.74) is 0. The zero-order valence-electron chi connectivity index (χ0n) is 23.3. The van der Waals surface area contributed by atoms with Gasteiger partial charge in [-0.15, -0.1) is 0 Å². The highest BCUT2D eigenvalue weighted by Gasteiger charge is 2.52. The lowest BCUT2D eigenvalue weighted by Crippen LogP contribution is -2.39. The van der Waals surface area contributed by atoms with Crippen molar-refractivity contribution in [2.75, 3.05) is 39.5 Å². The Labute approximate surface area is 232 Å². The van der Waals surface area contributed by atoms with Crippen LogP contribution in [-0.2, 0) is 52.3 Å². The predicted octanol–water partition coefficient (Wildman–Crippen LogP) is -0.154. The summed E-state index contributed by atoms with van der Waals surface area (Å²) in [7, 11) is 0. The van der Waals surface area contributed by atoms with Gasteiger partial charge in [0.2, 0.25) is 5.91 Å². The third kappa shape index (κ3) is 7.81. The molecule has 4 heterocycles. The van der Waals surface area contributed by atoms with Crippen molar-refractivity contribution >= 4 is 23.9 Å². The van der Waals surface area contributed by atoms with Crippen molar-refractivity contribution in [1.29, 1.82) is 0 Å². The number of hydrogen-bond acceptors (Lipinski definition) is 12. The molecule has 2 N–H and O–H groups in total. The molecule has 0 aromatic heterocycles. The van der Waals surface area contributed by atoms with Crippen LogP contribution in [0, 0.1) is 5.92 Å². The number of carbonyl (C=O) groups excluding carboxylic acids is 4. The average Bonchev–Trinajstić information content (AvgIpc) is 3.65. The molecule has 2 unspecified atom stereocenters. The molecule has 40 heavy (non-hydrogen) atoms. The van der Waals surface area contributed by atoms with Crippen LogP contribution in [0.3, 0.4) is 0 Å². The Balaban J connectivity index is 1.10. The van der Waals surface area contributed by atoms with Crippen molar-refractivity contribution in [2.24, 2.45) is 5.92 Å². The normalized spacial score (nSPS) is 32.5. The first kappa shape index (κ1) is 30.4. The van der Waals surface area contributed by atoms with E-state index in [-0.39, 0.29) is 75.9 Å². The number of esters is 2. The van der Waals surface area contributed by atoms with Crippen molar-refractivity contribution < 1.29 is 57.1 Å². The Hall–Kier alpha value is -2.52. The van der Waals surface area contributed by atoms with Gasteiger partial charge in [-0.3, -0.25) is 14.4 Å². The van der Waals surface area contributed by atoms with Crippen LogP contribution < -0.4 is 10.6 Å². The van der Waals surface area contributed by atoms with Gasteiger partial charge >= 0.3 is 18.0 Å². The van der Waals surface area contributed by atoms with Crippen molar-refractivity contribution in [2.45, 2.75) is 95.5 Å². The molecule has 0 aromatic carbocycles. The van der Waals surface area contributed by atoms with Crippen LogP contribution in [-0.4, -0.2) is 118 Å². The number of carbonyl (C=O) groups is 4. The molecule has 4 rings (SSSR count). The molecule has 4 saturated heterocycles. The van der Waals surface area contributed by atoms with Crippen molar-refractivity contribution in [1.82, 2.24) is 10.6 Å². The molecule has 0 radical (unpaired) electrons. The van der Waals surface area contributed by atoms with Crippen LogP contribution in [0.25, 0.3) is 0 Å². The van der Waals surface area contributed by atoms with Gasteiger partial charge in [0.05, 0.1) is 45.4 Å². The predicted molar refractivity (Wildman–Crippen MR) is 134 cm³/mol. The summed E-state index contributed by atoms with van der Waals surface area (Å²) in [4.78, 5) is 48.4. The standard InChI is InChI=1S/C26H40N2O12/c1-13(2)25(31)27-7-5-19(29)38-16-10-34-23-17(11-35-22(16)23)39-20(30)6-8-28-26(32)40-18-12-36-21-15(37-14(3)4)9-33-24(18)21/h13-18,21-24H,5-12H2,1-4H3,(H,27,31)(H,28,32)/t15?,16-,17+,18?,21-,22-,23-,24-/m1/s1. The van der Waals surface area contributed by atoms with Crippen LogP contribution in [0.4, 0.5) is 4.79 Å². The minimum Gasteiger partial charge on any atom is -0.457 e. The fourth-order valence-electron chi connectivity index (χ4n) is 5.02. The first-order valence-corrected chi connectivity index (χ1v) is 13.9. The Morgan fingerprint density at radius 2 is 1.07 bits per heavy atom. The molecule has 4 aliphatic heterocycles. The zero-order chi connectivity index (χ0) is 28.8. The highest BCUT2D eigenvalue weighted by atomic mass is 16.7. The highest BCUT2D eigenvalue weighted by Crippen LogP contribution is 2.32. The van der Waals surface area contributed by atoms with E-state index in [2.05, 4.69) is 10.6 Å². The van der Waals surface area contributed by atoms with E-state index in [0.29, 0.717) is 6.61 Å². The molecular weight excluding hydrogens is 532 g/mol. The van der Waals surface area contributed by atoms with E-state index in [0.717, 1.165) is 0 Å². The summed E-state index contributed by atoms with van der Waals surface area (Å²) < 4.78 is 45.0. The minimum atomic E-state index is -0.685. The molecule has 0 spiro atoms. The summed E-state index contributed by atoms with van der Waals surface area (Å²) in [5.74, 6) is -1.34. The van der Waals surface area contributed by atoms with Gasteiger partial charge in [-0.2, -0.15) is 0 Å². The molecule has 0 aliphatic carbocycles. The average molecular weight is 573 g/mol. The Kier molecular flexibility index (Phi) is 10.6. The number of rotatable bonds is 12. The second-order valence-corrected chi connectivity index (χ2v) is 10.8. The number of fused-ring (bicyclic) bond motifs is 2. The molecule has 2 amide bonds. The minimum absolute atomic E-state index is 0.00932. The first-order chi connectivity index (χ1) is 19.1. The van der Waals surface area contributed by atoms with Gasteiger partial charge in [0, 0.05) is 19.0 Å². The van der Waals surface area contributed by atoms with Crippen LogP contribution in [0.1, 0.15) is 40.5 Å². The molecule has 0 bridgehead atoms. The van der Waals surface area contributed by atoms with E-state index in [9.17, 15) is 19.2 Å². The first-order valence-electron chi connectivity index (χ1n) is 13.9. The van der Waals surface area contributed by atoms with E-state index in [1.54, 1.807) is 13.8 Å². The van der Waals surface area contributed by atoms with Gasteiger partial charge < -0.3 is 48.5 Å². The SMILES string of the molecule is CC(C)OC1CO[C@@H]2C(OC(=O)NCCC(=O)O[C@H]3CO[C@H]4[C@@H]3OC[C@H]4OC(=O)CCNC(=O)C(C)C)CO[C@H]12. The lowest BCUT2D eigenvalue weighted by Gasteiger charge is -2.19. The van der Waals surface area contributed by atoms with Crippen LogP contribution >= 0.6 is 0 Å². The summed E-state index contributed by atoms with van der Waals surface area (Å²) >= 11 is 0. The quantitative estimate of drug-likeness (QED) is 0.235. The topological polar surface area (TPSA) is 166 Å². The molecule has 14 heteroatoms. The number of nitrogens with one attached hydrogen (secondary N) is 2. The molecule has 4 aliphatic rings. The van der Waals surface area contributed by atoms with E-state index in [1.165, 1.54) is 0 Å². The summed E-state index contributed by atoms with van der Waals surface area (Å²) in [6.07, 6.45) is -4.58. The smallest absolute Gasteiger partial charge is 0.407 e. The van der Waals surface area contributed by atoms with Crippen molar-refractivity contribution in [3.8, 4) is 0 Å². The van der Waals surface area contributed by atoms with Crippen molar-refractivity contribution in [3.63, 3.8) is 0 Å². The Bertz CT molecular complexity index is 914. The lowest BCUT2D eigenvalue weighted by atomic mass is 10.1. The van der Waals surface area contributed by atoms with Crippen molar-refractivity contribution in [3.05, 3.63) is 0 Å². The molecule has 226 valence electrons. The van der Waals surface area contributed by atoms with Gasteiger partial charge in [0.25, 0.3) is 0 Å². The maximum Gasteiger partial charge on any atom is 0.407 e. The molecule has 0 saturated carbocycles. The number of hydrogen-bond donors (Lipinski definition) is 2. The van der Waals surface area contributed by atoms with Gasteiger partial charge in [-0.25, -0.2) is 4.79 Å². The Morgan fingerprint density at radius 3 is 1.55 bits per heavy atom. The van der Waals surface area contributed by atoms with Gasteiger partial charge in [0.1, 0.15) is 30.5 Å². The van der Waals surface area contributed by atoms with Gasteiger partial charge in [-0.1, -0.05) is 13.8 Å². The monoisotopic (exact) mass is 572 g/mol. The lowest BCUT2D eigenvalue weighted by molar-refractivity contribution is -0.155. The fourth-order valence-corrected chi connectivity index (χ4v) is 5.02. The molecule has 0 aromatic rings. The summed E-state index contributed by atoms with van der Waals surface area (Å²) in [6, 6.07) is 0. The van der Waals surface area contributed by atoms with E-state index in [1.807, 2.05) is 13.8 Å². The summed E-state index contributed by atoms with van der Waals surface area (Å²) in [5, 5.41) is 5.20. The third-order valence-electron chi connectivity index (χ3n) is 6.95. The maximum absolute atomic E-state index is 12.4. The highest BCUT2D eigenvalue weighted by molar-refractivity contribution is 5.78. The van der Waals surface area contributed by atoms with Gasteiger partial charge in [0.15, 0.2) is 18.3 Å². The van der Waals surface area contributed by atoms with Gasteiger partial charge in [-0.05, 0) is 13.8 Å². The van der Waals surface area contributed by atoms with Crippen LogP contribution in [0.5, 0.6) is 0 Å². The molecular formula is C26H40N2O12. The number of ether oxygens (including phenoxy) is 8. The third-order valence-corrected chi connectivity index (χ3v) is 6.95. The van der Waals surface area contributed by atoms with Crippen LogP contribution in [0.15, 0.2) is 0 Å². The fraction of sp³-hybridized carbons (Fsp3) is 0.846. The van der Waals surface area contributed by atoms with E-state index >= 15 is 0 Å². The molecule has 4 fully saturated rings. The second kappa shape index (κ2) is 13.9. The number of amides is 2. The largest absolute Gasteiger partial charge is 0.457 e. The van der Waals surface area contributed by atoms with E-state index in [4.69, 9.17) is 37.9 Å².